The van der Waals surface area contributed by atoms with Gasteiger partial charge in [0.1, 0.15) is 11.5 Å². The van der Waals surface area contributed by atoms with Gasteiger partial charge in [-0.25, -0.2) is 18.0 Å². The second-order valence-electron chi connectivity index (χ2n) is 11.2. The van der Waals surface area contributed by atoms with Gasteiger partial charge < -0.3 is 19.3 Å². The molecule has 9 heteroatoms. The van der Waals surface area contributed by atoms with Crippen molar-refractivity contribution in [2.45, 2.75) is 78.7 Å². The molecule has 0 radical (unpaired) electrons. The Labute approximate surface area is 273 Å². The third kappa shape index (κ3) is 14.5. The minimum absolute atomic E-state index is 0.0911. The fraction of sp³-hybridized carbons (Fsp3) is 0.459. The maximum absolute atomic E-state index is 13.3. The molecule has 254 valence electrons. The van der Waals surface area contributed by atoms with E-state index < -0.39 is 29.0 Å². The van der Waals surface area contributed by atoms with E-state index >= 15 is 0 Å². The number of esters is 1. The van der Waals surface area contributed by atoms with Crippen molar-refractivity contribution in [2.75, 3.05) is 34.3 Å². The first-order valence-corrected chi connectivity index (χ1v) is 16.3. The molecule has 0 heterocycles. The molecule has 0 aliphatic rings. The van der Waals surface area contributed by atoms with Crippen molar-refractivity contribution in [2.24, 2.45) is 0 Å². The van der Waals surface area contributed by atoms with Gasteiger partial charge in [-0.15, -0.1) is 0 Å². The Balaban J connectivity index is 0.00000254. The second kappa shape index (κ2) is 21.8. The van der Waals surface area contributed by atoms with Crippen LogP contribution in [0.4, 0.5) is 13.2 Å². The predicted octanol–water partition coefficient (Wildman–Crippen LogP) is 8.53. The van der Waals surface area contributed by atoms with Gasteiger partial charge >= 0.3 is 5.97 Å². The van der Waals surface area contributed by atoms with Gasteiger partial charge in [-0.05, 0) is 54.8 Å². The number of ether oxygens (including phenoxy) is 2. The van der Waals surface area contributed by atoms with Crippen molar-refractivity contribution in [3.8, 4) is 11.5 Å². The van der Waals surface area contributed by atoms with Crippen LogP contribution in [0.2, 0.25) is 0 Å². The van der Waals surface area contributed by atoms with Crippen molar-refractivity contribution in [1.29, 1.82) is 0 Å². The Bertz CT molecular complexity index is 1270. The van der Waals surface area contributed by atoms with Crippen LogP contribution in [-0.2, 0) is 11.2 Å². The molecule has 46 heavy (non-hydrogen) atoms. The van der Waals surface area contributed by atoms with E-state index in [9.17, 15) is 22.8 Å². The van der Waals surface area contributed by atoms with Gasteiger partial charge in [0.25, 0.3) is 5.91 Å². The SMILES string of the molecule is CC.CC.C[N+](C)(C)C(Cc1ccccc1)C(=O)NCCCCCCCCOc1ccc(OC(=O)c2cc(F)c(F)c(F)c2)cc1. The lowest BCUT2D eigenvalue weighted by atomic mass is 10.0. The van der Waals surface area contributed by atoms with E-state index in [0.717, 1.165) is 44.1 Å². The Morgan fingerprint density at radius 2 is 1.26 bits per heavy atom. The van der Waals surface area contributed by atoms with Gasteiger partial charge in [0.15, 0.2) is 23.5 Å². The van der Waals surface area contributed by atoms with Crippen LogP contribution in [0.3, 0.4) is 0 Å². The van der Waals surface area contributed by atoms with Crippen molar-refractivity contribution in [3.63, 3.8) is 0 Å². The molecule has 3 aromatic rings. The maximum Gasteiger partial charge on any atom is 0.343 e. The fourth-order valence-corrected chi connectivity index (χ4v) is 4.45. The summed E-state index contributed by atoms with van der Waals surface area (Å²) in [5.41, 5.74) is 0.733. The Morgan fingerprint density at radius 3 is 1.83 bits per heavy atom. The lowest BCUT2D eigenvalue weighted by Gasteiger charge is -2.33. The van der Waals surface area contributed by atoms with Gasteiger partial charge in [0.2, 0.25) is 0 Å². The number of carbonyl (C=O) groups excluding carboxylic acids is 2. The Hall–Kier alpha value is -3.85. The van der Waals surface area contributed by atoms with Crippen LogP contribution in [0.15, 0.2) is 66.7 Å². The minimum atomic E-state index is -1.64. The molecule has 0 aliphatic heterocycles. The van der Waals surface area contributed by atoms with Crippen LogP contribution < -0.4 is 14.8 Å². The van der Waals surface area contributed by atoms with Gasteiger partial charge in [-0.3, -0.25) is 4.79 Å². The summed E-state index contributed by atoms with van der Waals surface area (Å²) in [5, 5.41) is 3.12. The molecule has 0 fully saturated rings. The van der Waals surface area contributed by atoms with Crippen LogP contribution in [0.5, 0.6) is 11.5 Å². The zero-order chi connectivity index (χ0) is 34.5. The van der Waals surface area contributed by atoms with Gasteiger partial charge in [-0.2, -0.15) is 0 Å². The highest BCUT2D eigenvalue weighted by atomic mass is 19.2. The summed E-state index contributed by atoms with van der Waals surface area (Å²) in [6.45, 7) is 9.22. The van der Waals surface area contributed by atoms with E-state index in [4.69, 9.17) is 9.47 Å². The molecule has 0 spiro atoms. The highest BCUT2D eigenvalue weighted by molar-refractivity contribution is 5.91. The van der Waals surface area contributed by atoms with E-state index in [1.54, 1.807) is 12.1 Å². The molecular weight excluding hydrogens is 593 g/mol. The molecule has 6 nitrogen and oxygen atoms in total. The topological polar surface area (TPSA) is 64.6 Å². The van der Waals surface area contributed by atoms with Crippen molar-refractivity contribution < 1.29 is 36.7 Å². The summed E-state index contributed by atoms with van der Waals surface area (Å²) in [5.74, 6) is -4.70. The minimum Gasteiger partial charge on any atom is -0.494 e. The number of amides is 1. The average Bonchev–Trinajstić information content (AvgIpc) is 3.05. The van der Waals surface area contributed by atoms with Crippen molar-refractivity contribution in [3.05, 3.63) is 95.3 Å². The number of benzene rings is 3. The highest BCUT2D eigenvalue weighted by Crippen LogP contribution is 2.21. The number of nitrogens with one attached hydrogen (secondary N) is 1. The fourth-order valence-electron chi connectivity index (χ4n) is 4.45. The average molecular weight is 646 g/mol. The Morgan fingerprint density at radius 1 is 0.739 bits per heavy atom. The zero-order valence-electron chi connectivity index (χ0n) is 28.5. The quantitative estimate of drug-likeness (QED) is 0.0558. The van der Waals surface area contributed by atoms with Crippen LogP contribution >= 0.6 is 0 Å². The number of likely N-dealkylation sites (N-methyl/N-ethyl adjacent to an activating group) is 1. The third-order valence-corrected chi connectivity index (χ3v) is 6.90. The molecular formula is C37H52F3N2O4+. The van der Waals surface area contributed by atoms with E-state index in [-0.39, 0.29) is 17.7 Å². The normalized spacial score (nSPS) is 11.3. The summed E-state index contributed by atoms with van der Waals surface area (Å²) >= 11 is 0. The summed E-state index contributed by atoms with van der Waals surface area (Å²) in [6.07, 6.45) is 6.77. The summed E-state index contributed by atoms with van der Waals surface area (Å²) in [7, 11) is 6.15. The third-order valence-electron chi connectivity index (χ3n) is 6.90. The van der Waals surface area contributed by atoms with Gasteiger partial charge in [0, 0.05) is 13.0 Å². The number of carbonyl (C=O) groups is 2. The van der Waals surface area contributed by atoms with E-state index in [1.807, 2.05) is 45.9 Å². The molecule has 3 rings (SSSR count). The molecule has 1 N–H and O–H groups in total. The Kier molecular flexibility index (Phi) is 19.0. The number of unbranched alkanes of at least 4 members (excludes halogenated alkanes) is 5. The molecule has 1 atom stereocenters. The molecule has 1 unspecified atom stereocenters. The van der Waals surface area contributed by atoms with Crippen LogP contribution in [-0.4, -0.2) is 56.7 Å². The summed E-state index contributed by atoms with van der Waals surface area (Å²) in [4.78, 5) is 25.0. The summed E-state index contributed by atoms with van der Waals surface area (Å²) in [6, 6.07) is 17.4. The van der Waals surface area contributed by atoms with Gasteiger partial charge in [0.05, 0.1) is 33.3 Å². The predicted molar refractivity (Wildman–Crippen MR) is 179 cm³/mol. The van der Waals surface area contributed by atoms with Crippen LogP contribution in [0, 0.1) is 17.5 Å². The molecule has 0 aliphatic carbocycles. The number of rotatable bonds is 16. The van der Waals surface area contributed by atoms with Crippen molar-refractivity contribution >= 4 is 11.9 Å². The van der Waals surface area contributed by atoms with Gasteiger partial charge in [-0.1, -0.05) is 83.7 Å². The molecule has 1 amide bonds. The standard InChI is InChI=1S/C33H39F3N2O4.2C2H6/c1-38(2,3)30(21-24-13-9-8-10-14-24)32(39)37-19-11-6-4-5-7-12-20-41-26-15-17-27(18-16-26)42-33(40)25-22-28(34)31(36)29(35)23-25;2*1-2/h8-10,13-18,22-23,30H,4-7,11-12,19-21H2,1-3H3;2*1-2H3/p+1. The largest absolute Gasteiger partial charge is 0.494 e. The van der Waals surface area contributed by atoms with E-state index in [0.29, 0.717) is 41.9 Å². The number of halogens is 3. The van der Waals surface area contributed by atoms with E-state index in [2.05, 4.69) is 38.6 Å². The number of quaternary nitrogens is 1. The number of nitrogens with zero attached hydrogens (tertiary/aromatic N) is 1. The number of hydrogen-bond acceptors (Lipinski definition) is 4. The van der Waals surface area contributed by atoms with Crippen LogP contribution in [0.25, 0.3) is 0 Å². The van der Waals surface area contributed by atoms with E-state index in [1.165, 1.54) is 12.1 Å². The van der Waals surface area contributed by atoms with Crippen LogP contribution in [0.1, 0.15) is 82.1 Å². The molecule has 0 saturated carbocycles. The first kappa shape index (κ1) is 40.2. The smallest absolute Gasteiger partial charge is 0.343 e. The van der Waals surface area contributed by atoms with Crippen molar-refractivity contribution in [1.82, 2.24) is 5.32 Å². The lowest BCUT2D eigenvalue weighted by molar-refractivity contribution is -0.886. The summed E-state index contributed by atoms with van der Waals surface area (Å²) < 4.78 is 51.2. The second-order valence-corrected chi connectivity index (χ2v) is 11.2. The number of hydrogen-bond donors (Lipinski definition) is 1. The first-order valence-electron chi connectivity index (χ1n) is 16.3. The zero-order valence-corrected chi connectivity index (χ0v) is 28.5. The molecule has 0 saturated heterocycles. The molecule has 0 aromatic heterocycles. The lowest BCUT2D eigenvalue weighted by Crippen LogP contribution is -2.55. The maximum atomic E-state index is 13.3. The first-order chi connectivity index (χ1) is 22.0. The monoisotopic (exact) mass is 645 g/mol. The molecule has 3 aromatic carbocycles. The molecule has 0 bridgehead atoms. The highest BCUT2D eigenvalue weighted by Gasteiger charge is 2.31.